The van der Waals surface area contributed by atoms with Crippen molar-refractivity contribution in [3.63, 3.8) is 0 Å². The molecule has 2 rings (SSSR count). The summed E-state index contributed by atoms with van der Waals surface area (Å²) < 4.78 is 6.03. The van der Waals surface area contributed by atoms with Crippen LogP contribution in [-0.2, 0) is 0 Å². The molecule has 0 aliphatic heterocycles. The molecule has 0 saturated heterocycles. The zero-order valence-electron chi connectivity index (χ0n) is 8.38. The Morgan fingerprint density at radius 1 is 1.40 bits per heavy atom. The summed E-state index contributed by atoms with van der Waals surface area (Å²) in [6.07, 6.45) is 1.65. The summed E-state index contributed by atoms with van der Waals surface area (Å²) in [4.78, 5) is 1.06. The Morgan fingerprint density at radius 3 is 2.60 bits per heavy atom. The molecule has 0 spiro atoms. The van der Waals surface area contributed by atoms with Crippen LogP contribution >= 0.6 is 34.5 Å². The number of hydrogen-bond acceptors (Lipinski definition) is 2. The fraction of sp³-hybridized carbons (Fsp3) is 0.273. The molecule has 0 saturated carbocycles. The number of hydrogen-bond donors (Lipinski definition) is 0. The Bertz CT molecular complexity index is 453. The molecule has 0 bridgehead atoms. The molecule has 80 valence electrons. The van der Waals surface area contributed by atoms with E-state index in [4.69, 9.17) is 27.6 Å². The lowest BCUT2D eigenvalue weighted by Crippen LogP contribution is -1.89. The van der Waals surface area contributed by atoms with Gasteiger partial charge in [0.15, 0.2) is 0 Å². The topological polar surface area (TPSA) is 13.1 Å². The smallest absolute Gasteiger partial charge is 0.105 e. The molecule has 0 amide bonds. The maximum absolute atomic E-state index is 6.36. The molecule has 4 heteroatoms. The minimum Gasteiger partial charge on any atom is -0.469 e. The van der Waals surface area contributed by atoms with E-state index in [1.54, 1.807) is 6.26 Å². The quantitative estimate of drug-likeness (QED) is 0.698. The third-order valence-electron chi connectivity index (χ3n) is 2.30. The van der Waals surface area contributed by atoms with E-state index in [1.165, 1.54) is 11.3 Å². The first-order valence-electron chi connectivity index (χ1n) is 4.53. The Balaban J connectivity index is 2.36. The Hall–Kier alpha value is -0.440. The SMILES string of the molecule is Cc1cc(C(Cl)c2ccoc2C)sc1Cl. The van der Waals surface area contributed by atoms with Gasteiger partial charge in [-0.25, -0.2) is 0 Å². The predicted molar refractivity (Wildman–Crippen MR) is 65.2 cm³/mol. The molecular formula is C11H10Cl2OS. The summed E-state index contributed by atoms with van der Waals surface area (Å²) in [5, 5.41) is -0.167. The maximum atomic E-state index is 6.36. The van der Waals surface area contributed by atoms with Crippen LogP contribution in [0.2, 0.25) is 4.34 Å². The summed E-state index contributed by atoms with van der Waals surface area (Å²) in [6, 6.07) is 3.92. The molecule has 2 heterocycles. The Kier molecular flexibility index (Phi) is 3.10. The lowest BCUT2D eigenvalue weighted by Gasteiger charge is -2.04. The standard InChI is InChI=1S/C11H10Cl2OS/c1-6-5-9(15-11(6)13)10(12)8-3-4-14-7(8)2/h3-5,10H,1-2H3. The monoisotopic (exact) mass is 260 g/mol. The van der Waals surface area contributed by atoms with E-state index < -0.39 is 0 Å². The molecule has 2 aromatic heterocycles. The first-order chi connectivity index (χ1) is 7.09. The largest absolute Gasteiger partial charge is 0.469 e. The molecule has 1 unspecified atom stereocenters. The third-order valence-corrected chi connectivity index (χ3v) is 4.52. The molecule has 0 fully saturated rings. The number of aryl methyl sites for hydroxylation is 2. The van der Waals surface area contributed by atoms with E-state index in [2.05, 4.69) is 0 Å². The van der Waals surface area contributed by atoms with Crippen LogP contribution in [0, 0.1) is 13.8 Å². The second kappa shape index (κ2) is 4.20. The minimum absolute atomic E-state index is 0.167. The fourth-order valence-corrected chi connectivity index (χ4v) is 3.06. The van der Waals surface area contributed by atoms with Crippen LogP contribution < -0.4 is 0 Å². The van der Waals surface area contributed by atoms with Crippen molar-refractivity contribution in [2.45, 2.75) is 19.2 Å². The Labute approximate surface area is 103 Å². The lowest BCUT2D eigenvalue weighted by molar-refractivity contribution is 0.530. The number of alkyl halides is 1. The molecule has 0 aromatic carbocycles. The van der Waals surface area contributed by atoms with Crippen molar-refractivity contribution < 1.29 is 4.42 Å². The second-order valence-electron chi connectivity index (χ2n) is 3.40. The molecule has 1 atom stereocenters. The second-order valence-corrected chi connectivity index (χ2v) is 5.52. The van der Waals surface area contributed by atoms with E-state index >= 15 is 0 Å². The van der Waals surface area contributed by atoms with Crippen LogP contribution in [0.1, 0.15) is 27.1 Å². The van der Waals surface area contributed by atoms with E-state index in [1.807, 2.05) is 26.0 Å². The average Bonchev–Trinajstić information content (AvgIpc) is 2.74. The van der Waals surface area contributed by atoms with E-state index in [0.29, 0.717) is 0 Å². The van der Waals surface area contributed by atoms with Gasteiger partial charge in [0, 0.05) is 10.4 Å². The van der Waals surface area contributed by atoms with Gasteiger partial charge in [0.2, 0.25) is 0 Å². The summed E-state index contributed by atoms with van der Waals surface area (Å²) in [7, 11) is 0. The van der Waals surface area contributed by atoms with Gasteiger partial charge in [-0.2, -0.15) is 0 Å². The van der Waals surface area contributed by atoms with Crippen LogP contribution in [0.25, 0.3) is 0 Å². The normalized spacial score (nSPS) is 13.1. The highest BCUT2D eigenvalue weighted by molar-refractivity contribution is 7.16. The maximum Gasteiger partial charge on any atom is 0.105 e. The van der Waals surface area contributed by atoms with E-state index in [0.717, 1.165) is 26.1 Å². The third kappa shape index (κ3) is 2.07. The van der Waals surface area contributed by atoms with Crippen LogP contribution in [0.15, 0.2) is 22.8 Å². The van der Waals surface area contributed by atoms with Crippen LogP contribution in [0.3, 0.4) is 0 Å². The zero-order valence-corrected chi connectivity index (χ0v) is 10.7. The van der Waals surface area contributed by atoms with Crippen molar-refractivity contribution in [1.29, 1.82) is 0 Å². The average molecular weight is 261 g/mol. The number of halogens is 2. The van der Waals surface area contributed by atoms with Gasteiger partial charge in [-0.1, -0.05) is 11.6 Å². The number of furan rings is 1. The van der Waals surface area contributed by atoms with Crippen LogP contribution in [-0.4, -0.2) is 0 Å². The summed E-state index contributed by atoms with van der Waals surface area (Å²) in [5.41, 5.74) is 2.08. The fourth-order valence-electron chi connectivity index (χ4n) is 1.42. The molecule has 1 nitrogen and oxygen atoms in total. The van der Waals surface area contributed by atoms with Gasteiger partial charge in [0.05, 0.1) is 16.0 Å². The molecular weight excluding hydrogens is 251 g/mol. The summed E-state index contributed by atoms with van der Waals surface area (Å²) in [6.45, 7) is 3.89. The predicted octanol–water partition coefficient (Wildman–Crippen LogP) is 4.94. The van der Waals surface area contributed by atoms with Crippen LogP contribution in [0.4, 0.5) is 0 Å². The molecule has 0 N–H and O–H groups in total. The van der Waals surface area contributed by atoms with Gasteiger partial charge < -0.3 is 4.42 Å². The summed E-state index contributed by atoms with van der Waals surface area (Å²) in [5.74, 6) is 0.858. The van der Waals surface area contributed by atoms with Gasteiger partial charge in [0.1, 0.15) is 5.76 Å². The van der Waals surface area contributed by atoms with E-state index in [-0.39, 0.29) is 5.38 Å². The van der Waals surface area contributed by atoms with Gasteiger partial charge in [0.25, 0.3) is 0 Å². The molecule has 0 aliphatic rings. The zero-order chi connectivity index (χ0) is 11.0. The molecule has 0 aliphatic carbocycles. The van der Waals surface area contributed by atoms with Gasteiger partial charge in [-0.05, 0) is 31.5 Å². The first kappa shape index (κ1) is 11.1. The first-order valence-corrected chi connectivity index (χ1v) is 6.16. The molecule has 0 radical (unpaired) electrons. The highest BCUT2D eigenvalue weighted by Gasteiger charge is 2.18. The van der Waals surface area contributed by atoms with Crippen molar-refractivity contribution in [3.8, 4) is 0 Å². The van der Waals surface area contributed by atoms with Crippen LogP contribution in [0.5, 0.6) is 0 Å². The van der Waals surface area contributed by atoms with Gasteiger partial charge >= 0.3 is 0 Å². The highest BCUT2D eigenvalue weighted by Crippen LogP contribution is 2.38. The van der Waals surface area contributed by atoms with Crippen molar-refractivity contribution in [3.05, 3.63) is 44.5 Å². The number of thiophene rings is 1. The highest BCUT2D eigenvalue weighted by atomic mass is 35.5. The minimum atomic E-state index is -0.167. The Morgan fingerprint density at radius 2 is 2.13 bits per heavy atom. The van der Waals surface area contributed by atoms with Crippen molar-refractivity contribution >= 4 is 34.5 Å². The molecule has 15 heavy (non-hydrogen) atoms. The van der Waals surface area contributed by atoms with Crippen molar-refractivity contribution in [2.24, 2.45) is 0 Å². The summed E-state index contributed by atoms with van der Waals surface area (Å²) >= 11 is 13.9. The van der Waals surface area contributed by atoms with Crippen molar-refractivity contribution in [1.82, 2.24) is 0 Å². The van der Waals surface area contributed by atoms with Gasteiger partial charge in [-0.15, -0.1) is 22.9 Å². The van der Waals surface area contributed by atoms with Crippen molar-refractivity contribution in [2.75, 3.05) is 0 Å². The van der Waals surface area contributed by atoms with Gasteiger partial charge in [-0.3, -0.25) is 0 Å². The number of rotatable bonds is 2. The van der Waals surface area contributed by atoms with E-state index in [9.17, 15) is 0 Å². The molecule has 2 aromatic rings. The lowest BCUT2D eigenvalue weighted by atomic mass is 10.1.